The van der Waals surface area contributed by atoms with Gasteiger partial charge in [-0.3, -0.25) is 4.79 Å². The molecule has 9 nitrogen and oxygen atoms in total. The SMILES string of the molecule is NC(=O)CC[C@H](NC(=O)NCc1cccnn1)C(=O)O. The molecule has 1 atom stereocenters. The van der Waals surface area contributed by atoms with E-state index in [0.717, 1.165) is 0 Å². The van der Waals surface area contributed by atoms with Gasteiger partial charge in [-0.1, -0.05) is 0 Å². The van der Waals surface area contributed by atoms with Gasteiger partial charge in [-0.25, -0.2) is 9.59 Å². The summed E-state index contributed by atoms with van der Waals surface area (Å²) >= 11 is 0. The van der Waals surface area contributed by atoms with Crippen molar-refractivity contribution in [1.82, 2.24) is 20.8 Å². The quantitative estimate of drug-likeness (QED) is 0.503. The van der Waals surface area contributed by atoms with E-state index in [1.54, 1.807) is 12.1 Å². The van der Waals surface area contributed by atoms with Crippen LogP contribution in [-0.2, 0) is 16.1 Å². The Bertz CT molecular complexity index is 479. The summed E-state index contributed by atoms with van der Waals surface area (Å²) < 4.78 is 0. The van der Waals surface area contributed by atoms with Gasteiger partial charge in [0.2, 0.25) is 5.91 Å². The Kier molecular flexibility index (Phi) is 5.88. The van der Waals surface area contributed by atoms with Crippen molar-refractivity contribution < 1.29 is 19.5 Å². The fourth-order valence-corrected chi connectivity index (χ4v) is 1.35. The van der Waals surface area contributed by atoms with E-state index in [1.165, 1.54) is 6.20 Å². The van der Waals surface area contributed by atoms with Gasteiger partial charge in [0.25, 0.3) is 0 Å². The van der Waals surface area contributed by atoms with Crippen molar-refractivity contribution in [3.05, 3.63) is 24.0 Å². The topological polar surface area (TPSA) is 147 Å². The second kappa shape index (κ2) is 7.67. The predicted octanol–water partition coefficient (Wildman–Crippen LogP) is -1.01. The zero-order valence-corrected chi connectivity index (χ0v) is 10.6. The molecule has 1 aromatic rings. The minimum absolute atomic E-state index is 0.0662. The van der Waals surface area contributed by atoms with E-state index in [1.807, 2.05) is 0 Å². The zero-order valence-electron chi connectivity index (χ0n) is 10.6. The van der Waals surface area contributed by atoms with Crippen LogP contribution in [0, 0.1) is 0 Å². The number of urea groups is 1. The fourth-order valence-electron chi connectivity index (χ4n) is 1.35. The summed E-state index contributed by atoms with van der Waals surface area (Å²) in [5.41, 5.74) is 5.46. The first-order valence-corrected chi connectivity index (χ1v) is 5.81. The number of hydrogen-bond donors (Lipinski definition) is 4. The number of hydrogen-bond acceptors (Lipinski definition) is 5. The minimum atomic E-state index is -1.24. The standard InChI is InChI=1S/C11H15N5O4/c12-9(17)4-3-8(10(18)19)15-11(20)13-6-7-2-1-5-14-16-7/h1-2,5,8H,3-4,6H2,(H2,12,17)(H,18,19)(H2,13,15,20)/t8-/m0/s1. The Labute approximate surface area is 114 Å². The molecule has 0 unspecified atom stereocenters. The number of carbonyl (C=O) groups excluding carboxylic acids is 2. The van der Waals surface area contributed by atoms with Crippen LogP contribution in [0.15, 0.2) is 18.3 Å². The monoisotopic (exact) mass is 281 g/mol. The van der Waals surface area contributed by atoms with Crippen LogP contribution in [-0.4, -0.2) is 39.3 Å². The summed E-state index contributed by atoms with van der Waals surface area (Å²) in [5.74, 6) is -1.86. The number of nitrogens with one attached hydrogen (secondary N) is 2. The molecule has 1 aromatic heterocycles. The molecule has 0 radical (unpaired) electrons. The first kappa shape index (κ1) is 15.3. The van der Waals surface area contributed by atoms with Crippen molar-refractivity contribution in [1.29, 1.82) is 0 Å². The number of rotatable bonds is 7. The van der Waals surface area contributed by atoms with Gasteiger partial charge in [-0.15, -0.1) is 0 Å². The van der Waals surface area contributed by atoms with Crippen LogP contribution in [0.3, 0.4) is 0 Å². The molecule has 0 aromatic carbocycles. The third kappa shape index (κ3) is 5.76. The van der Waals surface area contributed by atoms with Crippen molar-refractivity contribution in [3.63, 3.8) is 0 Å². The first-order valence-electron chi connectivity index (χ1n) is 5.81. The van der Waals surface area contributed by atoms with E-state index in [-0.39, 0.29) is 19.4 Å². The fraction of sp³-hybridized carbons (Fsp3) is 0.364. The van der Waals surface area contributed by atoms with Gasteiger partial charge in [0.15, 0.2) is 0 Å². The van der Waals surface area contributed by atoms with Gasteiger partial charge < -0.3 is 21.5 Å². The van der Waals surface area contributed by atoms with Crippen LogP contribution in [0.25, 0.3) is 0 Å². The van der Waals surface area contributed by atoms with Crippen LogP contribution in [0.4, 0.5) is 4.79 Å². The summed E-state index contributed by atoms with van der Waals surface area (Å²) in [6.07, 6.45) is 1.30. The first-order chi connectivity index (χ1) is 9.49. The lowest BCUT2D eigenvalue weighted by atomic mass is 10.1. The lowest BCUT2D eigenvalue weighted by molar-refractivity contribution is -0.139. The Morgan fingerprint density at radius 2 is 2.15 bits per heavy atom. The maximum absolute atomic E-state index is 11.5. The molecule has 0 aliphatic carbocycles. The van der Waals surface area contributed by atoms with Crippen molar-refractivity contribution in [2.24, 2.45) is 5.73 Å². The molecule has 0 spiro atoms. The predicted molar refractivity (Wildman–Crippen MR) is 67.3 cm³/mol. The molecule has 0 aliphatic rings. The van der Waals surface area contributed by atoms with Gasteiger partial charge in [-0.05, 0) is 18.6 Å². The highest BCUT2D eigenvalue weighted by Crippen LogP contribution is 1.97. The number of carbonyl (C=O) groups is 3. The maximum atomic E-state index is 11.5. The Morgan fingerprint density at radius 3 is 2.70 bits per heavy atom. The summed E-state index contributed by atoms with van der Waals surface area (Å²) in [5, 5.41) is 21.0. The van der Waals surface area contributed by atoms with Gasteiger partial charge in [0, 0.05) is 12.6 Å². The average Bonchev–Trinajstić information content (AvgIpc) is 2.41. The second-order valence-corrected chi connectivity index (χ2v) is 3.94. The van der Waals surface area contributed by atoms with Gasteiger partial charge in [-0.2, -0.15) is 10.2 Å². The highest BCUT2D eigenvalue weighted by Gasteiger charge is 2.20. The molecule has 0 saturated heterocycles. The highest BCUT2D eigenvalue weighted by molar-refractivity contribution is 5.83. The number of aliphatic carboxylic acids is 1. The van der Waals surface area contributed by atoms with E-state index >= 15 is 0 Å². The molecule has 0 bridgehead atoms. The third-order valence-electron chi connectivity index (χ3n) is 2.34. The molecular formula is C11H15N5O4. The molecule has 9 heteroatoms. The molecule has 3 amide bonds. The number of amides is 3. The molecular weight excluding hydrogens is 266 g/mol. The summed E-state index contributed by atoms with van der Waals surface area (Å²) in [6, 6.07) is 1.47. The third-order valence-corrected chi connectivity index (χ3v) is 2.34. The largest absolute Gasteiger partial charge is 0.480 e. The Balaban J connectivity index is 2.41. The van der Waals surface area contributed by atoms with E-state index < -0.39 is 23.9 Å². The van der Waals surface area contributed by atoms with Crippen LogP contribution < -0.4 is 16.4 Å². The average molecular weight is 281 g/mol. The number of nitrogens with zero attached hydrogens (tertiary/aromatic N) is 2. The lowest BCUT2D eigenvalue weighted by Crippen LogP contribution is -2.46. The normalized spacial score (nSPS) is 11.4. The molecule has 108 valence electrons. The van der Waals surface area contributed by atoms with Crippen molar-refractivity contribution in [2.75, 3.05) is 0 Å². The van der Waals surface area contributed by atoms with E-state index in [9.17, 15) is 14.4 Å². The van der Waals surface area contributed by atoms with Crippen LogP contribution in [0.5, 0.6) is 0 Å². The van der Waals surface area contributed by atoms with Crippen LogP contribution >= 0.6 is 0 Å². The summed E-state index contributed by atoms with van der Waals surface area (Å²) in [6.45, 7) is 0.113. The van der Waals surface area contributed by atoms with Crippen LogP contribution in [0.2, 0.25) is 0 Å². The molecule has 1 rings (SSSR count). The second-order valence-electron chi connectivity index (χ2n) is 3.94. The minimum Gasteiger partial charge on any atom is -0.480 e. The number of nitrogens with two attached hydrogens (primary N) is 1. The molecule has 1 heterocycles. The molecule has 0 saturated carbocycles. The Hall–Kier alpha value is -2.71. The van der Waals surface area contributed by atoms with Gasteiger partial charge in [0.1, 0.15) is 6.04 Å². The van der Waals surface area contributed by atoms with E-state index in [4.69, 9.17) is 10.8 Å². The molecule has 5 N–H and O–H groups in total. The van der Waals surface area contributed by atoms with Gasteiger partial charge in [0.05, 0.1) is 12.2 Å². The highest BCUT2D eigenvalue weighted by atomic mass is 16.4. The summed E-state index contributed by atoms with van der Waals surface area (Å²) in [4.78, 5) is 33.0. The smallest absolute Gasteiger partial charge is 0.326 e. The zero-order chi connectivity index (χ0) is 15.0. The molecule has 20 heavy (non-hydrogen) atoms. The number of aromatic nitrogens is 2. The number of carboxylic acid groups (broad SMARTS) is 1. The molecule has 0 fully saturated rings. The van der Waals surface area contributed by atoms with Crippen LogP contribution in [0.1, 0.15) is 18.5 Å². The van der Waals surface area contributed by atoms with Gasteiger partial charge >= 0.3 is 12.0 Å². The Morgan fingerprint density at radius 1 is 1.40 bits per heavy atom. The lowest BCUT2D eigenvalue weighted by Gasteiger charge is -2.14. The maximum Gasteiger partial charge on any atom is 0.326 e. The number of primary amides is 1. The molecule has 0 aliphatic heterocycles. The van der Waals surface area contributed by atoms with E-state index in [2.05, 4.69) is 20.8 Å². The summed E-state index contributed by atoms with van der Waals surface area (Å²) in [7, 11) is 0. The van der Waals surface area contributed by atoms with Crippen molar-refractivity contribution in [2.45, 2.75) is 25.4 Å². The number of carboxylic acids is 1. The van der Waals surface area contributed by atoms with Crippen molar-refractivity contribution >= 4 is 17.9 Å². The van der Waals surface area contributed by atoms with E-state index in [0.29, 0.717) is 5.69 Å². The van der Waals surface area contributed by atoms with Crippen molar-refractivity contribution in [3.8, 4) is 0 Å².